The molecule has 1 aliphatic rings. The van der Waals surface area contributed by atoms with Crippen LogP contribution in [0.4, 0.5) is 13.2 Å². The number of carboxylic acids is 1. The Hall–Kier alpha value is -1.32. The molecule has 1 aliphatic carbocycles. The fourth-order valence-electron chi connectivity index (χ4n) is 1.72. The fourth-order valence-corrected chi connectivity index (χ4v) is 3.39. The summed E-state index contributed by atoms with van der Waals surface area (Å²) in [6.07, 6.45) is -5.41. The largest absolute Gasteiger partial charge is 0.478 e. The zero-order valence-electron chi connectivity index (χ0n) is 10.2. The molecule has 1 aromatic rings. The number of hydrogen-bond acceptors (Lipinski definition) is 3. The van der Waals surface area contributed by atoms with Gasteiger partial charge in [0.1, 0.15) is 5.54 Å². The Morgan fingerprint density at radius 2 is 1.90 bits per heavy atom. The van der Waals surface area contributed by atoms with Gasteiger partial charge >= 0.3 is 12.1 Å². The number of halogens is 4. The van der Waals surface area contributed by atoms with Gasteiger partial charge in [-0.15, -0.1) is 0 Å². The average molecular weight is 344 g/mol. The van der Waals surface area contributed by atoms with E-state index in [9.17, 15) is 26.4 Å². The molecule has 0 radical (unpaired) electrons. The topological polar surface area (TPSA) is 83.5 Å². The zero-order chi connectivity index (χ0) is 16.1. The van der Waals surface area contributed by atoms with Gasteiger partial charge in [-0.05, 0) is 31.0 Å². The molecule has 0 saturated heterocycles. The van der Waals surface area contributed by atoms with Crippen LogP contribution in [0.15, 0.2) is 23.1 Å². The van der Waals surface area contributed by atoms with Crippen molar-refractivity contribution in [2.24, 2.45) is 0 Å². The Balaban J connectivity index is 2.38. The maximum absolute atomic E-state index is 12.8. The molecule has 116 valence electrons. The molecule has 0 aliphatic heterocycles. The van der Waals surface area contributed by atoms with Gasteiger partial charge in [0.25, 0.3) is 0 Å². The monoisotopic (exact) mass is 343 g/mol. The van der Waals surface area contributed by atoms with Crippen molar-refractivity contribution in [2.75, 3.05) is 0 Å². The van der Waals surface area contributed by atoms with Crippen molar-refractivity contribution in [3.8, 4) is 0 Å². The molecule has 0 bridgehead atoms. The molecule has 0 atom stereocenters. The lowest BCUT2D eigenvalue weighted by Crippen LogP contribution is -2.47. The van der Waals surface area contributed by atoms with Crippen LogP contribution in [0, 0.1) is 0 Å². The molecule has 2 rings (SSSR count). The highest BCUT2D eigenvalue weighted by Crippen LogP contribution is 2.49. The molecule has 0 heterocycles. The third kappa shape index (κ3) is 2.99. The van der Waals surface area contributed by atoms with Gasteiger partial charge in [-0.3, -0.25) is 0 Å². The van der Waals surface area contributed by atoms with Crippen molar-refractivity contribution in [2.45, 2.75) is 29.5 Å². The van der Waals surface area contributed by atoms with Gasteiger partial charge in [0.15, 0.2) is 0 Å². The van der Waals surface area contributed by atoms with Gasteiger partial charge in [-0.2, -0.15) is 17.9 Å². The molecular formula is C11H9ClF3NO4S. The van der Waals surface area contributed by atoms with Crippen LogP contribution in [0.3, 0.4) is 0 Å². The maximum atomic E-state index is 12.8. The molecule has 1 aromatic carbocycles. The minimum absolute atomic E-state index is 0.210. The smallest absolute Gasteiger partial charge is 0.407 e. The predicted octanol–water partition coefficient (Wildman–Crippen LogP) is 2.41. The van der Waals surface area contributed by atoms with Crippen LogP contribution < -0.4 is 4.72 Å². The summed E-state index contributed by atoms with van der Waals surface area (Å²) in [6.45, 7) is 0. The normalized spacial score (nSPS) is 17.5. The van der Waals surface area contributed by atoms with Gasteiger partial charge in [0.05, 0.1) is 15.5 Å². The van der Waals surface area contributed by atoms with Crippen molar-refractivity contribution >= 4 is 27.6 Å². The van der Waals surface area contributed by atoms with Crippen LogP contribution in [0.2, 0.25) is 5.02 Å². The number of hydrogen-bond donors (Lipinski definition) is 2. The van der Waals surface area contributed by atoms with Crippen LogP contribution >= 0.6 is 11.6 Å². The molecule has 0 aromatic heterocycles. The highest BCUT2D eigenvalue weighted by atomic mass is 35.5. The molecule has 5 nitrogen and oxygen atoms in total. The van der Waals surface area contributed by atoms with Crippen molar-refractivity contribution < 1.29 is 31.5 Å². The van der Waals surface area contributed by atoms with E-state index in [1.807, 2.05) is 0 Å². The summed E-state index contributed by atoms with van der Waals surface area (Å²) in [7, 11) is -4.50. The van der Waals surface area contributed by atoms with Crippen LogP contribution in [0.1, 0.15) is 23.2 Å². The van der Waals surface area contributed by atoms with Gasteiger partial charge in [0.2, 0.25) is 10.0 Å². The molecule has 0 unspecified atom stereocenters. The summed E-state index contributed by atoms with van der Waals surface area (Å²) in [6, 6.07) is 2.68. The molecule has 0 amide bonds. The highest BCUT2D eigenvalue weighted by Gasteiger charge is 2.65. The first-order valence-corrected chi connectivity index (χ1v) is 7.48. The lowest BCUT2D eigenvalue weighted by Gasteiger charge is -2.20. The Bertz CT molecular complexity index is 698. The van der Waals surface area contributed by atoms with Gasteiger partial charge < -0.3 is 5.11 Å². The van der Waals surface area contributed by atoms with E-state index in [4.69, 9.17) is 16.7 Å². The Labute approximate surface area is 122 Å². The summed E-state index contributed by atoms with van der Waals surface area (Å²) in [4.78, 5) is 10.3. The van der Waals surface area contributed by atoms with E-state index in [2.05, 4.69) is 0 Å². The average Bonchev–Trinajstić information content (AvgIpc) is 3.08. The van der Waals surface area contributed by atoms with Crippen LogP contribution in [-0.4, -0.2) is 31.2 Å². The first kappa shape index (κ1) is 16.1. The first-order chi connectivity index (χ1) is 9.48. The molecule has 21 heavy (non-hydrogen) atoms. The van der Waals surface area contributed by atoms with E-state index in [0.717, 1.165) is 18.2 Å². The summed E-state index contributed by atoms with van der Waals surface area (Å²) < 4.78 is 63.9. The van der Waals surface area contributed by atoms with Gasteiger partial charge in [-0.25, -0.2) is 13.2 Å². The summed E-state index contributed by atoms with van der Waals surface area (Å²) >= 11 is 5.58. The van der Waals surface area contributed by atoms with Crippen molar-refractivity contribution in [3.63, 3.8) is 0 Å². The second-order valence-corrected chi connectivity index (χ2v) is 6.72. The predicted molar refractivity (Wildman–Crippen MR) is 66.8 cm³/mol. The van der Waals surface area contributed by atoms with Gasteiger partial charge in [0, 0.05) is 0 Å². The van der Waals surface area contributed by atoms with Crippen molar-refractivity contribution in [1.82, 2.24) is 4.72 Å². The maximum Gasteiger partial charge on any atom is 0.407 e. The summed E-state index contributed by atoms with van der Waals surface area (Å²) in [5, 5.41) is 8.64. The standard InChI is InChI=1S/C11H9ClF3NO4S/c12-8-2-1-6(5-7(8)9(17)18)21(19,20)16-10(3-4-10)11(13,14)15/h1-2,5,16H,3-4H2,(H,17,18). The van der Waals surface area contributed by atoms with Crippen LogP contribution in [0.5, 0.6) is 0 Å². The van der Waals surface area contributed by atoms with Crippen LogP contribution in [0.25, 0.3) is 0 Å². The summed E-state index contributed by atoms with van der Waals surface area (Å²) in [5.41, 5.74) is -2.97. The number of benzene rings is 1. The number of carboxylic acid groups (broad SMARTS) is 1. The Morgan fingerprint density at radius 3 is 2.33 bits per heavy atom. The van der Waals surface area contributed by atoms with Crippen molar-refractivity contribution in [1.29, 1.82) is 0 Å². The molecular weight excluding hydrogens is 335 g/mol. The second kappa shape index (κ2) is 4.85. The molecule has 1 fully saturated rings. The Kier molecular flexibility index (Phi) is 3.71. The fraction of sp³-hybridized carbons (Fsp3) is 0.364. The number of nitrogens with one attached hydrogen (secondary N) is 1. The number of carbonyl (C=O) groups is 1. The Morgan fingerprint density at radius 1 is 1.33 bits per heavy atom. The minimum Gasteiger partial charge on any atom is -0.478 e. The zero-order valence-corrected chi connectivity index (χ0v) is 11.8. The van der Waals surface area contributed by atoms with E-state index in [0.29, 0.717) is 0 Å². The minimum atomic E-state index is -4.71. The highest BCUT2D eigenvalue weighted by molar-refractivity contribution is 7.89. The van der Waals surface area contributed by atoms with E-state index in [1.165, 1.54) is 0 Å². The lowest BCUT2D eigenvalue weighted by atomic mass is 10.2. The molecule has 2 N–H and O–H groups in total. The third-order valence-corrected chi connectivity index (χ3v) is 4.96. The quantitative estimate of drug-likeness (QED) is 0.879. The third-order valence-electron chi connectivity index (χ3n) is 3.10. The number of rotatable bonds is 4. The van der Waals surface area contributed by atoms with E-state index in [-0.39, 0.29) is 17.9 Å². The van der Waals surface area contributed by atoms with Gasteiger partial charge in [-0.1, -0.05) is 11.6 Å². The number of alkyl halides is 3. The second-order valence-electron chi connectivity index (χ2n) is 4.63. The molecule has 0 spiro atoms. The van der Waals surface area contributed by atoms with E-state index < -0.39 is 38.2 Å². The van der Waals surface area contributed by atoms with E-state index in [1.54, 1.807) is 4.72 Å². The van der Waals surface area contributed by atoms with Crippen molar-refractivity contribution in [3.05, 3.63) is 28.8 Å². The SMILES string of the molecule is O=C(O)c1cc(S(=O)(=O)NC2(C(F)(F)F)CC2)ccc1Cl. The van der Waals surface area contributed by atoms with E-state index >= 15 is 0 Å². The van der Waals surface area contributed by atoms with Crippen LogP contribution in [-0.2, 0) is 10.0 Å². The molecule has 1 saturated carbocycles. The molecule has 10 heteroatoms. The first-order valence-electron chi connectivity index (χ1n) is 5.62. The number of sulfonamides is 1. The summed E-state index contributed by atoms with van der Waals surface area (Å²) in [5.74, 6) is -1.48. The number of aromatic carboxylic acids is 1. The lowest BCUT2D eigenvalue weighted by molar-refractivity contribution is -0.160.